The lowest BCUT2D eigenvalue weighted by Gasteiger charge is -2.14. The molecular weight excluding hydrogens is 386 g/mol. The normalized spacial score (nSPS) is 10.4. The van der Waals surface area contributed by atoms with Gasteiger partial charge in [0.2, 0.25) is 5.75 Å². The van der Waals surface area contributed by atoms with E-state index < -0.39 is 5.97 Å². The molecule has 156 valence electrons. The zero-order valence-electron chi connectivity index (χ0n) is 17.2. The van der Waals surface area contributed by atoms with Crippen LogP contribution in [0.3, 0.4) is 0 Å². The van der Waals surface area contributed by atoms with E-state index in [1.807, 2.05) is 13.0 Å². The lowest BCUT2D eigenvalue weighted by atomic mass is 10.1. The fourth-order valence-corrected chi connectivity index (χ4v) is 3.07. The van der Waals surface area contributed by atoms with Gasteiger partial charge in [0.25, 0.3) is 0 Å². The first-order valence-corrected chi connectivity index (χ1v) is 9.18. The molecule has 0 aliphatic heterocycles. The van der Waals surface area contributed by atoms with Crippen molar-refractivity contribution in [1.29, 1.82) is 0 Å². The van der Waals surface area contributed by atoms with Crippen LogP contribution >= 0.6 is 0 Å². The molecule has 1 heterocycles. The summed E-state index contributed by atoms with van der Waals surface area (Å²) in [6.45, 7) is 2.21. The zero-order valence-corrected chi connectivity index (χ0v) is 17.2. The van der Waals surface area contributed by atoms with Gasteiger partial charge < -0.3 is 24.6 Å². The van der Waals surface area contributed by atoms with Gasteiger partial charge in [0.05, 0.1) is 39.1 Å². The second-order valence-electron chi connectivity index (χ2n) is 6.44. The standard InChI is InChI=1S/C22H23N3O5/c1-13-9-15(12-23-17-8-6-5-7-16(17)22(26)27)25-21(24-13)14-10-18(28-2)20(30-4)19(11-14)29-3/h5-11,23H,12H2,1-4H3,(H,26,27). The van der Waals surface area contributed by atoms with Crippen LogP contribution in [-0.2, 0) is 6.54 Å². The van der Waals surface area contributed by atoms with E-state index in [1.54, 1.807) is 57.7 Å². The Kier molecular flexibility index (Phi) is 6.36. The highest BCUT2D eigenvalue weighted by atomic mass is 16.5. The van der Waals surface area contributed by atoms with Crippen LogP contribution in [0.25, 0.3) is 11.4 Å². The molecule has 0 amide bonds. The van der Waals surface area contributed by atoms with E-state index in [0.717, 1.165) is 5.69 Å². The molecule has 8 nitrogen and oxygen atoms in total. The molecule has 0 saturated heterocycles. The van der Waals surface area contributed by atoms with Crippen molar-refractivity contribution in [2.75, 3.05) is 26.6 Å². The third kappa shape index (κ3) is 4.43. The predicted molar refractivity (Wildman–Crippen MR) is 113 cm³/mol. The maximum atomic E-state index is 11.4. The van der Waals surface area contributed by atoms with Crippen LogP contribution < -0.4 is 19.5 Å². The molecule has 0 aliphatic carbocycles. The van der Waals surface area contributed by atoms with Crippen molar-refractivity contribution in [3.8, 4) is 28.6 Å². The van der Waals surface area contributed by atoms with Gasteiger partial charge in [0, 0.05) is 16.9 Å². The Hall–Kier alpha value is -3.81. The number of ether oxygens (including phenoxy) is 3. The molecule has 0 aliphatic rings. The number of para-hydroxylation sites is 1. The van der Waals surface area contributed by atoms with Crippen LogP contribution in [0.15, 0.2) is 42.5 Å². The lowest BCUT2D eigenvalue weighted by Crippen LogP contribution is -2.08. The first-order chi connectivity index (χ1) is 14.5. The number of nitrogens with one attached hydrogen (secondary N) is 1. The molecule has 0 fully saturated rings. The summed E-state index contributed by atoms with van der Waals surface area (Å²) >= 11 is 0. The van der Waals surface area contributed by atoms with Gasteiger partial charge in [-0.1, -0.05) is 12.1 Å². The molecule has 3 rings (SSSR count). The number of anilines is 1. The van der Waals surface area contributed by atoms with E-state index >= 15 is 0 Å². The lowest BCUT2D eigenvalue weighted by molar-refractivity contribution is 0.0698. The zero-order chi connectivity index (χ0) is 21.7. The van der Waals surface area contributed by atoms with Crippen molar-refractivity contribution in [2.24, 2.45) is 0 Å². The number of carbonyl (C=O) groups is 1. The first-order valence-electron chi connectivity index (χ1n) is 9.18. The molecule has 8 heteroatoms. The SMILES string of the molecule is COc1cc(-c2nc(C)cc(CNc3ccccc3C(=O)O)n2)cc(OC)c1OC. The van der Waals surface area contributed by atoms with Gasteiger partial charge in [-0.25, -0.2) is 14.8 Å². The monoisotopic (exact) mass is 409 g/mol. The summed E-state index contributed by atoms with van der Waals surface area (Å²) in [6.07, 6.45) is 0. The second kappa shape index (κ2) is 9.13. The molecule has 0 spiro atoms. The molecule has 0 radical (unpaired) electrons. The molecule has 3 aromatic rings. The molecule has 0 saturated carbocycles. The maximum absolute atomic E-state index is 11.4. The average Bonchev–Trinajstić information content (AvgIpc) is 2.76. The first kappa shape index (κ1) is 20.9. The fraction of sp³-hybridized carbons (Fsp3) is 0.227. The number of hydrogen-bond acceptors (Lipinski definition) is 7. The fourth-order valence-electron chi connectivity index (χ4n) is 3.07. The summed E-state index contributed by atoms with van der Waals surface area (Å²) in [4.78, 5) is 20.6. The van der Waals surface area contributed by atoms with Crippen LogP contribution in [0.4, 0.5) is 5.69 Å². The van der Waals surface area contributed by atoms with Crippen molar-refractivity contribution in [3.05, 3.63) is 59.4 Å². The van der Waals surface area contributed by atoms with Gasteiger partial charge in [-0.2, -0.15) is 0 Å². The molecule has 0 atom stereocenters. The van der Waals surface area contributed by atoms with Gasteiger partial charge in [-0.3, -0.25) is 0 Å². The van der Waals surface area contributed by atoms with Crippen LogP contribution in [0.2, 0.25) is 0 Å². The summed E-state index contributed by atoms with van der Waals surface area (Å²) in [6, 6.07) is 12.2. The minimum Gasteiger partial charge on any atom is -0.493 e. The van der Waals surface area contributed by atoms with Crippen LogP contribution in [0.1, 0.15) is 21.7 Å². The molecular formula is C22H23N3O5. The molecule has 2 aromatic carbocycles. The van der Waals surface area contributed by atoms with Crippen molar-refractivity contribution in [2.45, 2.75) is 13.5 Å². The number of rotatable bonds is 8. The summed E-state index contributed by atoms with van der Waals surface area (Å²) in [7, 11) is 4.64. The Morgan fingerprint density at radius 1 is 1.00 bits per heavy atom. The second-order valence-corrected chi connectivity index (χ2v) is 6.44. The van der Waals surface area contributed by atoms with Gasteiger partial charge in [0.15, 0.2) is 17.3 Å². The topological polar surface area (TPSA) is 103 Å². The maximum Gasteiger partial charge on any atom is 0.337 e. The van der Waals surface area contributed by atoms with Crippen LogP contribution in [-0.4, -0.2) is 42.4 Å². The van der Waals surface area contributed by atoms with Crippen LogP contribution in [0.5, 0.6) is 17.2 Å². The number of hydrogen-bond donors (Lipinski definition) is 2. The number of methoxy groups -OCH3 is 3. The Morgan fingerprint density at radius 3 is 2.27 bits per heavy atom. The highest BCUT2D eigenvalue weighted by Gasteiger charge is 2.16. The van der Waals surface area contributed by atoms with E-state index in [0.29, 0.717) is 46.6 Å². The average molecular weight is 409 g/mol. The highest BCUT2D eigenvalue weighted by molar-refractivity contribution is 5.94. The molecule has 0 unspecified atom stereocenters. The number of carboxylic acids is 1. The Morgan fingerprint density at radius 2 is 1.67 bits per heavy atom. The molecule has 30 heavy (non-hydrogen) atoms. The summed E-state index contributed by atoms with van der Waals surface area (Å²) < 4.78 is 16.2. The number of aromatic nitrogens is 2. The minimum absolute atomic E-state index is 0.202. The van der Waals surface area contributed by atoms with Crippen molar-refractivity contribution >= 4 is 11.7 Å². The van der Waals surface area contributed by atoms with Crippen molar-refractivity contribution in [1.82, 2.24) is 9.97 Å². The smallest absolute Gasteiger partial charge is 0.337 e. The molecule has 1 aromatic heterocycles. The molecule has 0 bridgehead atoms. The Balaban J connectivity index is 1.94. The van der Waals surface area contributed by atoms with Gasteiger partial charge in [0.1, 0.15) is 0 Å². The third-order valence-corrected chi connectivity index (χ3v) is 4.45. The number of carboxylic acid groups (broad SMARTS) is 1. The quantitative estimate of drug-likeness (QED) is 0.579. The van der Waals surface area contributed by atoms with Crippen LogP contribution in [0, 0.1) is 6.92 Å². The van der Waals surface area contributed by atoms with E-state index in [-0.39, 0.29) is 5.56 Å². The summed E-state index contributed by atoms with van der Waals surface area (Å²) in [5, 5.41) is 12.5. The summed E-state index contributed by atoms with van der Waals surface area (Å²) in [5.41, 5.74) is 2.92. The molecule has 2 N–H and O–H groups in total. The minimum atomic E-state index is -0.991. The van der Waals surface area contributed by atoms with Crippen molar-refractivity contribution < 1.29 is 24.1 Å². The van der Waals surface area contributed by atoms with Crippen molar-refractivity contribution in [3.63, 3.8) is 0 Å². The predicted octanol–water partition coefficient (Wildman–Crippen LogP) is 3.79. The number of nitrogens with zero attached hydrogens (tertiary/aromatic N) is 2. The number of aryl methyl sites for hydroxylation is 1. The largest absolute Gasteiger partial charge is 0.493 e. The Bertz CT molecular complexity index is 1040. The van der Waals surface area contributed by atoms with E-state index in [1.165, 1.54) is 0 Å². The summed E-state index contributed by atoms with van der Waals surface area (Å²) in [5.74, 6) is 1.01. The van der Waals surface area contributed by atoms with E-state index in [2.05, 4.69) is 15.3 Å². The third-order valence-electron chi connectivity index (χ3n) is 4.45. The van der Waals surface area contributed by atoms with Gasteiger partial charge >= 0.3 is 5.97 Å². The highest BCUT2D eigenvalue weighted by Crippen LogP contribution is 2.40. The number of aromatic carboxylic acids is 1. The Labute approximate surface area is 174 Å². The van der Waals surface area contributed by atoms with Gasteiger partial charge in [-0.05, 0) is 37.3 Å². The van der Waals surface area contributed by atoms with E-state index in [4.69, 9.17) is 14.2 Å². The number of benzene rings is 2. The van der Waals surface area contributed by atoms with E-state index in [9.17, 15) is 9.90 Å². The van der Waals surface area contributed by atoms with Gasteiger partial charge in [-0.15, -0.1) is 0 Å².